The molecular weight excluding hydrogens is 314 g/mol. The Labute approximate surface area is 138 Å². The molecule has 0 aromatic carbocycles. The molecule has 1 aliphatic heterocycles. The van der Waals surface area contributed by atoms with E-state index in [2.05, 4.69) is 4.98 Å². The zero-order valence-corrected chi connectivity index (χ0v) is 14.4. The second-order valence-corrected chi connectivity index (χ2v) is 8.03. The van der Waals surface area contributed by atoms with Crippen LogP contribution in [0.15, 0.2) is 23.4 Å². The Morgan fingerprint density at radius 2 is 2.30 bits per heavy atom. The fourth-order valence-corrected chi connectivity index (χ4v) is 3.67. The predicted molar refractivity (Wildman–Crippen MR) is 86.1 cm³/mol. The lowest BCUT2D eigenvalue weighted by Crippen LogP contribution is -2.35. The molecule has 1 aromatic heterocycles. The van der Waals surface area contributed by atoms with Crippen LogP contribution in [-0.4, -0.2) is 44.6 Å². The van der Waals surface area contributed by atoms with Crippen molar-refractivity contribution in [2.24, 2.45) is 5.92 Å². The maximum atomic E-state index is 12.4. The van der Waals surface area contributed by atoms with E-state index in [9.17, 15) is 9.00 Å². The number of nitriles is 1. The number of hydrogen-bond donors (Lipinski definition) is 0. The lowest BCUT2D eigenvalue weighted by Gasteiger charge is -2.24. The van der Waals surface area contributed by atoms with Gasteiger partial charge in [0, 0.05) is 25.0 Å². The highest BCUT2D eigenvalue weighted by Gasteiger charge is 2.30. The van der Waals surface area contributed by atoms with Gasteiger partial charge in [-0.3, -0.25) is 4.21 Å². The molecule has 0 unspecified atom stereocenters. The van der Waals surface area contributed by atoms with E-state index in [4.69, 9.17) is 10.00 Å². The van der Waals surface area contributed by atoms with Crippen molar-refractivity contribution in [1.82, 2.24) is 9.88 Å². The minimum Gasteiger partial charge on any atom is -0.444 e. The van der Waals surface area contributed by atoms with Crippen molar-refractivity contribution in [3.63, 3.8) is 0 Å². The van der Waals surface area contributed by atoms with Crippen molar-refractivity contribution < 1.29 is 13.7 Å². The molecular formula is C16H21N3O3S. The lowest BCUT2D eigenvalue weighted by atomic mass is 10.2. The summed E-state index contributed by atoms with van der Waals surface area (Å²) in [5, 5.41) is 9.30. The van der Waals surface area contributed by atoms with Gasteiger partial charge in [0.1, 0.15) is 10.6 Å². The molecule has 2 heterocycles. The van der Waals surface area contributed by atoms with Gasteiger partial charge in [0.05, 0.1) is 22.4 Å². The molecule has 0 spiro atoms. The van der Waals surface area contributed by atoms with Gasteiger partial charge < -0.3 is 9.64 Å². The van der Waals surface area contributed by atoms with Crippen LogP contribution in [0, 0.1) is 17.2 Å². The first-order valence-corrected chi connectivity index (χ1v) is 8.83. The molecule has 1 fully saturated rings. The van der Waals surface area contributed by atoms with Crippen molar-refractivity contribution in [3.8, 4) is 6.07 Å². The molecule has 23 heavy (non-hydrogen) atoms. The highest BCUT2D eigenvalue weighted by Crippen LogP contribution is 2.21. The highest BCUT2D eigenvalue weighted by molar-refractivity contribution is 7.84. The van der Waals surface area contributed by atoms with E-state index < -0.39 is 16.4 Å². The molecule has 6 nitrogen and oxygen atoms in total. The zero-order chi connectivity index (χ0) is 17.0. The quantitative estimate of drug-likeness (QED) is 0.846. The average Bonchev–Trinajstić information content (AvgIpc) is 2.94. The summed E-state index contributed by atoms with van der Waals surface area (Å²) in [6.07, 6.45) is 1.96. The molecule has 1 amide bonds. The molecule has 124 valence electrons. The van der Waals surface area contributed by atoms with Crippen molar-refractivity contribution in [3.05, 3.63) is 23.9 Å². The third kappa shape index (κ3) is 5.03. The van der Waals surface area contributed by atoms with E-state index in [0.717, 1.165) is 6.42 Å². The number of nitrogens with zero attached hydrogens (tertiary/aromatic N) is 3. The summed E-state index contributed by atoms with van der Waals surface area (Å²) in [7, 11) is -1.27. The summed E-state index contributed by atoms with van der Waals surface area (Å²) in [6, 6.07) is 5.15. The number of carbonyl (C=O) groups excluding carboxylic acids is 1. The first-order valence-electron chi connectivity index (χ1n) is 7.51. The molecule has 1 aliphatic rings. The van der Waals surface area contributed by atoms with Crippen LogP contribution in [0.1, 0.15) is 32.8 Å². The molecule has 2 atom stereocenters. The second kappa shape index (κ2) is 7.09. The van der Waals surface area contributed by atoms with E-state index in [1.165, 1.54) is 6.20 Å². The maximum absolute atomic E-state index is 12.4. The highest BCUT2D eigenvalue weighted by atomic mass is 32.2. The largest absolute Gasteiger partial charge is 0.444 e. The van der Waals surface area contributed by atoms with Crippen molar-refractivity contribution in [2.45, 2.75) is 37.8 Å². The summed E-state index contributed by atoms with van der Waals surface area (Å²) in [5.74, 6) is 0.581. The number of ether oxygens (including phenoxy) is 1. The molecule has 0 radical (unpaired) electrons. The SMILES string of the molecule is CC(C)(C)OC(=O)N1CC[C@H](C[S@@](=O)c2cc(C#N)ccn2)C1. The molecule has 1 saturated heterocycles. The molecule has 0 N–H and O–H groups in total. The van der Waals surface area contributed by atoms with E-state index in [1.807, 2.05) is 26.8 Å². The predicted octanol–water partition coefficient (Wildman–Crippen LogP) is 2.32. The number of likely N-dealkylation sites (tertiary alicyclic amines) is 1. The summed E-state index contributed by atoms with van der Waals surface area (Å²) in [6.45, 7) is 6.66. The summed E-state index contributed by atoms with van der Waals surface area (Å²) >= 11 is 0. The molecule has 0 saturated carbocycles. The summed E-state index contributed by atoms with van der Waals surface area (Å²) < 4.78 is 17.7. The van der Waals surface area contributed by atoms with Crippen LogP contribution in [0.5, 0.6) is 0 Å². The normalized spacial score (nSPS) is 19.2. The van der Waals surface area contributed by atoms with Gasteiger partial charge in [0.25, 0.3) is 0 Å². The molecule has 1 aromatic rings. The summed E-state index contributed by atoms with van der Waals surface area (Å²) in [4.78, 5) is 17.8. The van der Waals surface area contributed by atoms with Crippen molar-refractivity contribution in [2.75, 3.05) is 18.8 Å². The molecule has 7 heteroatoms. The summed E-state index contributed by atoms with van der Waals surface area (Å²) in [5.41, 5.74) is -0.0650. The third-order valence-electron chi connectivity index (χ3n) is 3.42. The van der Waals surface area contributed by atoms with Crippen LogP contribution in [0.4, 0.5) is 4.79 Å². The van der Waals surface area contributed by atoms with E-state index in [0.29, 0.717) is 29.4 Å². The van der Waals surface area contributed by atoms with Gasteiger partial charge in [0.2, 0.25) is 0 Å². The van der Waals surface area contributed by atoms with Crippen LogP contribution in [-0.2, 0) is 15.5 Å². The van der Waals surface area contributed by atoms with Crippen LogP contribution in [0.3, 0.4) is 0 Å². The van der Waals surface area contributed by atoms with Gasteiger partial charge in [-0.1, -0.05) is 0 Å². The number of aromatic nitrogens is 1. The van der Waals surface area contributed by atoms with Crippen LogP contribution >= 0.6 is 0 Å². The van der Waals surface area contributed by atoms with Gasteiger partial charge in [0.15, 0.2) is 0 Å². The van der Waals surface area contributed by atoms with Crippen molar-refractivity contribution >= 4 is 16.9 Å². The number of amides is 1. The van der Waals surface area contributed by atoms with Gasteiger partial charge in [-0.05, 0) is 45.2 Å². The van der Waals surface area contributed by atoms with Crippen LogP contribution in [0.2, 0.25) is 0 Å². The smallest absolute Gasteiger partial charge is 0.410 e. The van der Waals surface area contributed by atoms with Crippen LogP contribution in [0.25, 0.3) is 0 Å². The minimum atomic E-state index is -1.27. The van der Waals surface area contributed by atoms with E-state index in [1.54, 1.807) is 17.0 Å². The number of carbonyl (C=O) groups is 1. The van der Waals surface area contributed by atoms with E-state index >= 15 is 0 Å². The fourth-order valence-electron chi connectivity index (χ4n) is 2.36. The Morgan fingerprint density at radius 3 is 2.96 bits per heavy atom. The Morgan fingerprint density at radius 1 is 1.57 bits per heavy atom. The monoisotopic (exact) mass is 335 g/mol. The van der Waals surface area contributed by atoms with Gasteiger partial charge >= 0.3 is 6.09 Å². The van der Waals surface area contributed by atoms with E-state index in [-0.39, 0.29) is 12.0 Å². The molecule has 0 bridgehead atoms. The maximum Gasteiger partial charge on any atom is 0.410 e. The molecule has 0 aliphatic carbocycles. The number of pyridine rings is 1. The lowest BCUT2D eigenvalue weighted by molar-refractivity contribution is 0.0289. The Hall–Kier alpha value is -1.94. The molecule has 2 rings (SSSR count). The third-order valence-corrected chi connectivity index (χ3v) is 4.89. The first kappa shape index (κ1) is 17.4. The zero-order valence-electron chi connectivity index (χ0n) is 13.6. The second-order valence-electron chi connectivity index (χ2n) is 6.59. The number of rotatable bonds is 3. The fraction of sp³-hybridized carbons (Fsp3) is 0.562. The Kier molecular flexibility index (Phi) is 5.37. The standard InChI is InChI=1S/C16H21N3O3S/c1-16(2,3)22-15(20)19-7-5-13(10-19)11-23(21)14-8-12(9-17)4-6-18-14/h4,6,8,13H,5,7,10-11H2,1-3H3/t13-,23+/m0/s1. The Balaban J connectivity index is 1.91. The first-order chi connectivity index (χ1) is 10.8. The van der Waals surface area contributed by atoms with Gasteiger partial charge in [-0.25, -0.2) is 9.78 Å². The minimum absolute atomic E-state index is 0.149. The van der Waals surface area contributed by atoms with Gasteiger partial charge in [-0.2, -0.15) is 5.26 Å². The number of hydrogen-bond acceptors (Lipinski definition) is 5. The van der Waals surface area contributed by atoms with Gasteiger partial charge in [-0.15, -0.1) is 0 Å². The topological polar surface area (TPSA) is 83.3 Å². The Bertz CT molecular complexity index is 649. The van der Waals surface area contributed by atoms with Crippen LogP contribution < -0.4 is 0 Å². The van der Waals surface area contributed by atoms with Crippen molar-refractivity contribution in [1.29, 1.82) is 5.26 Å². The average molecular weight is 335 g/mol.